The van der Waals surface area contributed by atoms with Crippen LogP contribution in [-0.4, -0.2) is 51.4 Å². The Bertz CT molecular complexity index is 287. The van der Waals surface area contributed by atoms with Crippen LogP contribution in [0.3, 0.4) is 0 Å². The number of hydrogen-bond acceptors (Lipinski definition) is 5. The minimum Gasteiger partial charge on any atom is -0.387 e. The molecule has 0 saturated carbocycles. The molecule has 4 N–H and O–H groups in total. The van der Waals surface area contributed by atoms with E-state index in [4.69, 9.17) is 10.6 Å². The average Bonchev–Trinajstić information content (AvgIpc) is 2.18. The molecule has 7 nitrogen and oxygen atoms in total. The fourth-order valence-electron chi connectivity index (χ4n) is 1.28. The first-order valence-corrected chi connectivity index (χ1v) is 4.01. The lowest BCUT2D eigenvalue weighted by molar-refractivity contribution is -0.0927. The molecule has 0 aromatic rings. The van der Waals surface area contributed by atoms with Gasteiger partial charge in [-0.2, -0.15) is 0 Å². The minimum atomic E-state index is -1.46. The van der Waals surface area contributed by atoms with Crippen molar-refractivity contribution in [1.29, 1.82) is 0 Å². The standard InChI is InChI=1S/C7H11N3O4/c8-10-9-2-3-1-4(11)6(13)7(14)5(3)12/h1,4-7,11-14H,2H2. The first-order valence-electron chi connectivity index (χ1n) is 4.01. The Labute approximate surface area is 79.5 Å². The van der Waals surface area contributed by atoms with E-state index >= 15 is 0 Å². The normalized spacial score (nSPS) is 37.3. The van der Waals surface area contributed by atoms with E-state index in [9.17, 15) is 15.3 Å². The predicted molar refractivity (Wildman–Crippen MR) is 46.1 cm³/mol. The molecule has 1 aliphatic rings. The van der Waals surface area contributed by atoms with Crippen LogP contribution in [0.2, 0.25) is 0 Å². The topological polar surface area (TPSA) is 130 Å². The van der Waals surface area contributed by atoms with Gasteiger partial charge in [0.1, 0.15) is 24.4 Å². The van der Waals surface area contributed by atoms with E-state index in [1.807, 2.05) is 0 Å². The van der Waals surface area contributed by atoms with Crippen LogP contribution in [0.25, 0.3) is 10.4 Å². The van der Waals surface area contributed by atoms with Crippen LogP contribution in [0.4, 0.5) is 0 Å². The number of azide groups is 1. The van der Waals surface area contributed by atoms with Gasteiger partial charge in [0.05, 0.1) is 0 Å². The van der Waals surface area contributed by atoms with Gasteiger partial charge in [0, 0.05) is 11.5 Å². The lowest BCUT2D eigenvalue weighted by Crippen LogP contribution is -2.48. The minimum absolute atomic E-state index is 0.140. The molecule has 4 atom stereocenters. The Balaban J connectivity index is 2.83. The van der Waals surface area contributed by atoms with E-state index < -0.39 is 24.4 Å². The van der Waals surface area contributed by atoms with E-state index in [1.54, 1.807) is 0 Å². The van der Waals surface area contributed by atoms with E-state index in [1.165, 1.54) is 6.08 Å². The highest BCUT2D eigenvalue weighted by molar-refractivity contribution is 5.21. The second-order valence-corrected chi connectivity index (χ2v) is 3.05. The summed E-state index contributed by atoms with van der Waals surface area (Å²) in [5.41, 5.74) is 8.24. The van der Waals surface area contributed by atoms with Crippen molar-refractivity contribution >= 4 is 0 Å². The van der Waals surface area contributed by atoms with Gasteiger partial charge in [-0.1, -0.05) is 11.2 Å². The molecule has 0 bridgehead atoms. The zero-order valence-corrected chi connectivity index (χ0v) is 7.22. The second-order valence-electron chi connectivity index (χ2n) is 3.05. The highest BCUT2D eigenvalue weighted by Gasteiger charge is 2.35. The van der Waals surface area contributed by atoms with Crippen molar-refractivity contribution in [3.8, 4) is 0 Å². The Morgan fingerprint density at radius 3 is 2.50 bits per heavy atom. The van der Waals surface area contributed by atoms with Gasteiger partial charge in [0.15, 0.2) is 0 Å². The molecule has 0 fully saturated rings. The highest BCUT2D eigenvalue weighted by atomic mass is 16.4. The van der Waals surface area contributed by atoms with Gasteiger partial charge >= 0.3 is 0 Å². The summed E-state index contributed by atoms with van der Waals surface area (Å²) >= 11 is 0. The summed E-state index contributed by atoms with van der Waals surface area (Å²) in [5.74, 6) is 0. The first kappa shape index (κ1) is 11.0. The molecule has 0 aliphatic heterocycles. The van der Waals surface area contributed by atoms with E-state index in [-0.39, 0.29) is 12.1 Å². The zero-order valence-electron chi connectivity index (χ0n) is 7.22. The number of hydrogen-bond donors (Lipinski definition) is 4. The van der Waals surface area contributed by atoms with Crippen LogP contribution in [0.5, 0.6) is 0 Å². The average molecular weight is 201 g/mol. The molecule has 0 radical (unpaired) electrons. The summed E-state index contributed by atoms with van der Waals surface area (Å²) in [5, 5.41) is 40.2. The van der Waals surface area contributed by atoms with Crippen LogP contribution in [0.1, 0.15) is 0 Å². The van der Waals surface area contributed by atoms with Crippen molar-refractivity contribution in [2.24, 2.45) is 5.11 Å². The quantitative estimate of drug-likeness (QED) is 0.191. The van der Waals surface area contributed by atoms with Crippen molar-refractivity contribution in [3.05, 3.63) is 22.1 Å². The summed E-state index contributed by atoms with van der Waals surface area (Å²) in [7, 11) is 0. The maximum absolute atomic E-state index is 9.38. The van der Waals surface area contributed by atoms with Gasteiger partial charge in [0.2, 0.25) is 0 Å². The molecule has 4 unspecified atom stereocenters. The Kier molecular flexibility index (Phi) is 3.45. The maximum Gasteiger partial charge on any atom is 0.112 e. The number of aliphatic hydroxyl groups is 4. The van der Waals surface area contributed by atoms with Gasteiger partial charge in [-0.25, -0.2) is 0 Å². The summed E-state index contributed by atoms with van der Waals surface area (Å²) in [6.07, 6.45) is -4.26. The van der Waals surface area contributed by atoms with E-state index in [0.717, 1.165) is 0 Å². The molecular formula is C7H11N3O4. The monoisotopic (exact) mass is 201 g/mol. The van der Waals surface area contributed by atoms with Gasteiger partial charge in [-0.3, -0.25) is 0 Å². The molecule has 0 amide bonds. The van der Waals surface area contributed by atoms with Crippen molar-refractivity contribution < 1.29 is 20.4 Å². The summed E-state index contributed by atoms with van der Waals surface area (Å²) in [4.78, 5) is 2.48. The third-order valence-corrected chi connectivity index (χ3v) is 2.10. The van der Waals surface area contributed by atoms with Gasteiger partial charge in [-0.05, 0) is 11.1 Å². The second kappa shape index (κ2) is 4.41. The fourth-order valence-corrected chi connectivity index (χ4v) is 1.28. The Morgan fingerprint density at radius 1 is 1.29 bits per heavy atom. The summed E-state index contributed by atoms with van der Waals surface area (Å²) in [6.45, 7) is -0.140. The van der Waals surface area contributed by atoms with Gasteiger partial charge in [0.25, 0.3) is 0 Å². The molecule has 14 heavy (non-hydrogen) atoms. The third-order valence-electron chi connectivity index (χ3n) is 2.10. The lowest BCUT2D eigenvalue weighted by Gasteiger charge is -2.31. The Morgan fingerprint density at radius 2 is 1.93 bits per heavy atom. The molecule has 0 heterocycles. The lowest BCUT2D eigenvalue weighted by atomic mass is 9.89. The number of rotatable bonds is 2. The molecule has 7 heteroatoms. The largest absolute Gasteiger partial charge is 0.387 e. The SMILES string of the molecule is [N-]=[N+]=NCC1=CC(O)C(O)C(O)C1O. The molecule has 0 spiro atoms. The molecule has 0 aromatic heterocycles. The van der Waals surface area contributed by atoms with Crippen LogP contribution < -0.4 is 0 Å². The Hall–Kier alpha value is -1.11. The van der Waals surface area contributed by atoms with Gasteiger partial charge in [-0.15, -0.1) is 0 Å². The molecular weight excluding hydrogens is 190 g/mol. The maximum atomic E-state index is 9.38. The molecule has 78 valence electrons. The zero-order chi connectivity index (χ0) is 10.7. The smallest absolute Gasteiger partial charge is 0.112 e. The number of aliphatic hydroxyl groups excluding tert-OH is 4. The predicted octanol–water partition coefficient (Wildman–Crippen LogP) is -1.32. The van der Waals surface area contributed by atoms with Crippen LogP contribution in [0, 0.1) is 0 Å². The summed E-state index contributed by atoms with van der Waals surface area (Å²) in [6, 6.07) is 0. The third kappa shape index (κ3) is 2.03. The molecule has 1 aliphatic carbocycles. The van der Waals surface area contributed by atoms with Crippen molar-refractivity contribution in [3.63, 3.8) is 0 Å². The van der Waals surface area contributed by atoms with Crippen molar-refractivity contribution in [2.75, 3.05) is 6.54 Å². The van der Waals surface area contributed by atoms with E-state index in [0.29, 0.717) is 0 Å². The summed E-state index contributed by atoms with van der Waals surface area (Å²) < 4.78 is 0. The number of nitrogens with zero attached hydrogens (tertiary/aromatic N) is 3. The molecule has 1 rings (SSSR count). The fraction of sp³-hybridized carbons (Fsp3) is 0.714. The van der Waals surface area contributed by atoms with Gasteiger partial charge < -0.3 is 20.4 Å². The molecule has 0 saturated heterocycles. The van der Waals surface area contributed by atoms with Crippen LogP contribution >= 0.6 is 0 Å². The highest BCUT2D eigenvalue weighted by Crippen LogP contribution is 2.20. The van der Waals surface area contributed by atoms with Crippen LogP contribution in [0.15, 0.2) is 16.8 Å². The van der Waals surface area contributed by atoms with E-state index in [2.05, 4.69) is 10.0 Å². The van der Waals surface area contributed by atoms with Crippen molar-refractivity contribution in [1.82, 2.24) is 0 Å². The van der Waals surface area contributed by atoms with Crippen LogP contribution in [-0.2, 0) is 0 Å². The molecule has 0 aromatic carbocycles. The van der Waals surface area contributed by atoms with Crippen molar-refractivity contribution in [2.45, 2.75) is 24.4 Å². The first-order chi connectivity index (χ1) is 6.57.